The van der Waals surface area contributed by atoms with E-state index in [0.29, 0.717) is 0 Å². The lowest BCUT2D eigenvalue weighted by Gasteiger charge is -2.30. The van der Waals surface area contributed by atoms with Gasteiger partial charge in [0.15, 0.2) is 0 Å². The molecule has 0 aromatic heterocycles. The summed E-state index contributed by atoms with van der Waals surface area (Å²) in [5.74, 6) is 0. The summed E-state index contributed by atoms with van der Waals surface area (Å²) in [4.78, 5) is 0. The van der Waals surface area contributed by atoms with Crippen LogP contribution in [-0.4, -0.2) is 0 Å². The highest BCUT2D eigenvalue weighted by Crippen LogP contribution is 2.63. The third kappa shape index (κ3) is 8.93. The standard InChI is InChI=1S/C28H20.C22H22.3C2H6.C2H4/c1-18(2)19-13-9-17-26-27(19)22-12-5-8-16-25(22)28(26)23-14-6-3-10-20(23)21-11-4-7-15-24(21)28;1-18(20-8-4-2-5-9-20)12-13-19-14-16-22(17-15-19)21-10-6-3-7-11-21;4*1-2/h3-17H,1H2,2H3;2-12,14,16H,13,15,17H2,1H3;3*1-2H3;1-2H2/b;18-12+;;;;. The van der Waals surface area contributed by atoms with Crippen molar-refractivity contribution in [3.63, 3.8) is 0 Å². The first-order valence-electron chi connectivity index (χ1n) is 21.3. The molecular formula is C58H64. The summed E-state index contributed by atoms with van der Waals surface area (Å²) in [6, 6.07) is 54.8. The van der Waals surface area contributed by atoms with E-state index in [9.17, 15) is 0 Å². The summed E-state index contributed by atoms with van der Waals surface area (Å²) in [7, 11) is 0. The molecule has 0 saturated heterocycles. The zero-order valence-electron chi connectivity index (χ0n) is 36.4. The lowest BCUT2D eigenvalue weighted by Crippen LogP contribution is -2.25. The Morgan fingerprint density at radius 3 is 1.50 bits per heavy atom. The van der Waals surface area contributed by atoms with Gasteiger partial charge in [0.1, 0.15) is 0 Å². The van der Waals surface area contributed by atoms with Crippen LogP contribution in [0.4, 0.5) is 0 Å². The molecule has 0 unspecified atom stereocenters. The van der Waals surface area contributed by atoms with E-state index in [2.05, 4.69) is 203 Å². The van der Waals surface area contributed by atoms with Crippen molar-refractivity contribution in [1.82, 2.24) is 0 Å². The van der Waals surface area contributed by atoms with Gasteiger partial charge in [-0.2, -0.15) is 0 Å². The molecule has 0 nitrogen and oxygen atoms in total. The molecule has 6 aromatic carbocycles. The van der Waals surface area contributed by atoms with Crippen molar-refractivity contribution in [3.8, 4) is 22.3 Å². The fraction of sp³-hybridized carbons (Fsp3) is 0.207. The number of hydrogen-bond acceptors (Lipinski definition) is 0. The Hall–Kier alpha value is -5.98. The van der Waals surface area contributed by atoms with Gasteiger partial charge in [-0.1, -0.05) is 229 Å². The lowest BCUT2D eigenvalue weighted by molar-refractivity contribution is 0.793. The number of rotatable bonds is 5. The minimum Gasteiger partial charge on any atom is -0.106 e. The van der Waals surface area contributed by atoms with Crippen molar-refractivity contribution in [2.75, 3.05) is 0 Å². The van der Waals surface area contributed by atoms with Gasteiger partial charge in [-0.25, -0.2) is 0 Å². The molecular weight excluding hydrogens is 697 g/mol. The van der Waals surface area contributed by atoms with Gasteiger partial charge in [-0.3, -0.25) is 0 Å². The molecule has 0 aliphatic heterocycles. The van der Waals surface area contributed by atoms with Crippen LogP contribution in [0.2, 0.25) is 0 Å². The number of fused-ring (bicyclic) bond motifs is 10. The molecule has 0 heteroatoms. The fourth-order valence-electron chi connectivity index (χ4n) is 8.35. The topological polar surface area (TPSA) is 0 Å². The zero-order valence-corrected chi connectivity index (χ0v) is 36.4. The van der Waals surface area contributed by atoms with Gasteiger partial charge in [0.2, 0.25) is 0 Å². The van der Waals surface area contributed by atoms with Crippen LogP contribution in [0.5, 0.6) is 0 Å². The van der Waals surface area contributed by atoms with Crippen LogP contribution >= 0.6 is 0 Å². The highest BCUT2D eigenvalue weighted by molar-refractivity contribution is 5.98. The maximum atomic E-state index is 4.28. The van der Waals surface area contributed by atoms with Crippen molar-refractivity contribution >= 4 is 16.7 Å². The maximum Gasteiger partial charge on any atom is 0.0725 e. The molecule has 3 aliphatic rings. The molecule has 0 heterocycles. The average molecular weight is 761 g/mol. The summed E-state index contributed by atoms with van der Waals surface area (Å²) < 4.78 is 0. The van der Waals surface area contributed by atoms with Gasteiger partial charge in [-0.05, 0) is 105 Å². The van der Waals surface area contributed by atoms with E-state index < -0.39 is 0 Å². The molecule has 296 valence electrons. The van der Waals surface area contributed by atoms with Crippen molar-refractivity contribution in [2.24, 2.45) is 0 Å². The van der Waals surface area contributed by atoms with Gasteiger partial charge < -0.3 is 0 Å². The Morgan fingerprint density at radius 2 is 0.983 bits per heavy atom. The molecule has 0 saturated carbocycles. The molecule has 58 heavy (non-hydrogen) atoms. The lowest BCUT2D eigenvalue weighted by atomic mass is 9.70. The summed E-state index contributed by atoms with van der Waals surface area (Å²) in [5.41, 5.74) is 20.1. The van der Waals surface area contributed by atoms with E-state index in [1.54, 1.807) is 0 Å². The second kappa shape index (κ2) is 22.1. The first-order valence-corrected chi connectivity index (χ1v) is 21.3. The summed E-state index contributed by atoms with van der Waals surface area (Å²) in [6.07, 6.45) is 10.3. The zero-order chi connectivity index (χ0) is 42.1. The number of benzene rings is 6. The van der Waals surface area contributed by atoms with Gasteiger partial charge in [0.05, 0.1) is 5.41 Å². The largest absolute Gasteiger partial charge is 0.106 e. The fourth-order valence-corrected chi connectivity index (χ4v) is 8.35. The van der Waals surface area contributed by atoms with Gasteiger partial charge >= 0.3 is 0 Å². The van der Waals surface area contributed by atoms with Crippen LogP contribution in [0.15, 0.2) is 195 Å². The summed E-state index contributed by atoms with van der Waals surface area (Å²) >= 11 is 0. The summed E-state index contributed by atoms with van der Waals surface area (Å²) in [6.45, 7) is 26.6. The predicted molar refractivity (Wildman–Crippen MR) is 259 cm³/mol. The smallest absolute Gasteiger partial charge is 0.0725 e. The summed E-state index contributed by atoms with van der Waals surface area (Å²) in [5, 5.41) is 0. The maximum absolute atomic E-state index is 4.28. The number of hydrogen-bond donors (Lipinski definition) is 0. The minimum atomic E-state index is -0.245. The third-order valence-corrected chi connectivity index (χ3v) is 10.8. The Balaban J connectivity index is 0.000000224. The van der Waals surface area contributed by atoms with Crippen LogP contribution in [-0.2, 0) is 5.41 Å². The highest BCUT2D eigenvalue weighted by Gasteiger charge is 2.51. The Bertz CT molecular complexity index is 2280. The predicted octanol–water partition coefficient (Wildman–Crippen LogP) is 17.2. The normalized spacial score (nSPS) is 13.1. The van der Waals surface area contributed by atoms with E-state index in [0.717, 1.165) is 18.4 Å². The average Bonchev–Trinajstić information content (AvgIpc) is 3.79. The minimum absolute atomic E-state index is 0.245. The molecule has 0 radical (unpaired) electrons. The third-order valence-electron chi connectivity index (χ3n) is 10.8. The van der Waals surface area contributed by atoms with Crippen LogP contribution in [0.1, 0.15) is 114 Å². The second-order valence-corrected chi connectivity index (χ2v) is 13.7. The van der Waals surface area contributed by atoms with Crippen molar-refractivity contribution in [1.29, 1.82) is 0 Å². The molecule has 0 fully saturated rings. The highest BCUT2D eigenvalue weighted by atomic mass is 14.5. The molecule has 9 rings (SSSR count). The van der Waals surface area contributed by atoms with Crippen molar-refractivity contribution < 1.29 is 0 Å². The quantitative estimate of drug-likeness (QED) is 0.153. The monoisotopic (exact) mass is 761 g/mol. The van der Waals surface area contributed by atoms with Gasteiger partial charge in [0.25, 0.3) is 0 Å². The molecule has 0 amide bonds. The van der Waals surface area contributed by atoms with E-state index >= 15 is 0 Å². The Morgan fingerprint density at radius 1 is 0.517 bits per heavy atom. The first kappa shape index (κ1) is 44.7. The number of allylic oxidation sites excluding steroid dienone is 7. The van der Waals surface area contributed by atoms with Gasteiger partial charge in [0, 0.05) is 0 Å². The van der Waals surface area contributed by atoms with E-state index in [1.807, 2.05) is 41.5 Å². The molecule has 0 atom stereocenters. The van der Waals surface area contributed by atoms with E-state index in [4.69, 9.17) is 0 Å². The molecule has 1 spiro atoms. The van der Waals surface area contributed by atoms with Crippen molar-refractivity contribution in [2.45, 2.75) is 80.1 Å². The van der Waals surface area contributed by atoms with Crippen LogP contribution in [0, 0.1) is 0 Å². The van der Waals surface area contributed by atoms with Gasteiger partial charge in [-0.15, -0.1) is 13.2 Å². The van der Waals surface area contributed by atoms with Crippen molar-refractivity contribution in [3.05, 3.63) is 234 Å². The van der Waals surface area contributed by atoms with E-state index in [1.165, 1.54) is 84.3 Å². The Labute approximate surface area is 351 Å². The second-order valence-electron chi connectivity index (χ2n) is 13.7. The first-order chi connectivity index (χ1) is 28.6. The molecule has 3 aliphatic carbocycles. The van der Waals surface area contributed by atoms with E-state index in [-0.39, 0.29) is 5.41 Å². The Kier molecular flexibility index (Phi) is 17.0. The SMILES string of the molecule is C/C(=C\CC1=CC=C(c2ccccc2)CC1)c1ccccc1.C=C.C=C(C)c1cccc2c1-c1ccccc1C21c2ccccc2-c2ccccc21.CC.CC.CC. The molecule has 0 N–H and O–H groups in total. The van der Waals surface area contributed by atoms with Crippen LogP contribution < -0.4 is 0 Å². The van der Waals surface area contributed by atoms with Crippen LogP contribution in [0.3, 0.4) is 0 Å². The molecule has 6 aromatic rings. The molecule has 0 bridgehead atoms. The van der Waals surface area contributed by atoms with Crippen LogP contribution in [0.25, 0.3) is 39.0 Å².